The van der Waals surface area contributed by atoms with Gasteiger partial charge in [0.05, 0.1) is 20.8 Å². The van der Waals surface area contributed by atoms with Crippen molar-refractivity contribution in [3.63, 3.8) is 0 Å². The van der Waals surface area contributed by atoms with Gasteiger partial charge in [-0.1, -0.05) is 0 Å². The number of aliphatic hydroxyl groups is 2. The topological polar surface area (TPSA) is 290 Å². The molecule has 3 heterocycles. The van der Waals surface area contributed by atoms with Gasteiger partial charge in [0.15, 0.2) is 17.7 Å². The minimum atomic E-state index is -6.16. The number of aromatic nitrogens is 4. The van der Waals surface area contributed by atoms with Crippen molar-refractivity contribution >= 4 is 52.1 Å². The summed E-state index contributed by atoms with van der Waals surface area (Å²) in [6.07, 6.45) is -5.33. The van der Waals surface area contributed by atoms with E-state index in [4.69, 9.17) is 22.1 Å². The molecule has 1 aliphatic heterocycles. The van der Waals surface area contributed by atoms with E-state index in [1.54, 1.807) is 0 Å². The summed E-state index contributed by atoms with van der Waals surface area (Å²) in [6, 6.07) is 0. The first-order valence-electron chi connectivity index (χ1n) is 7.97. The second kappa shape index (κ2) is 16.0. The quantitative estimate of drug-likeness (QED) is 0.139. The van der Waals surface area contributed by atoms with Crippen LogP contribution in [0.2, 0.25) is 5.28 Å². The average molecular weight is 630 g/mol. The van der Waals surface area contributed by atoms with Crippen LogP contribution in [-0.2, 0) is 31.6 Å². The number of phosphoric ester groups is 1. The third-order valence-corrected chi connectivity index (χ3v) is 7.66. The Bertz CT molecular complexity index is 1170. The van der Waals surface area contributed by atoms with Crippen molar-refractivity contribution in [3.05, 3.63) is 11.6 Å². The van der Waals surface area contributed by atoms with Gasteiger partial charge in [-0.25, -0.2) is 9.29 Å². The van der Waals surface area contributed by atoms with Gasteiger partial charge >= 0.3 is 118 Å². The maximum Gasteiger partial charge on any atom is 1.00 e. The molecular weight excluding hydrogens is 618 g/mol. The molecule has 0 radical (unpaired) electrons. The number of fused-ring (bicyclic) bond motifs is 1. The Morgan fingerprint density at radius 3 is 2.17 bits per heavy atom. The molecule has 180 valence electrons. The Morgan fingerprint density at radius 2 is 1.61 bits per heavy atom. The zero-order valence-corrected chi connectivity index (χ0v) is 30.5. The van der Waals surface area contributed by atoms with Crippen molar-refractivity contribution in [1.29, 1.82) is 0 Å². The van der Waals surface area contributed by atoms with Crippen LogP contribution in [0.4, 0.5) is 5.82 Å². The molecule has 0 aromatic carbocycles. The molecule has 18 nitrogen and oxygen atoms in total. The Labute approximate surface area is 295 Å². The molecule has 0 spiro atoms. The summed E-state index contributed by atoms with van der Waals surface area (Å²) in [5.74, 6) is -0.0962. The number of anilines is 1. The molecule has 1 fully saturated rings. The summed E-state index contributed by atoms with van der Waals surface area (Å²) >= 11 is 5.73. The maximum atomic E-state index is 11.6. The van der Waals surface area contributed by atoms with Gasteiger partial charge in [-0.3, -0.25) is 18.0 Å². The number of aliphatic hydroxyl groups excluding tert-OH is 2. The standard InChI is InChI=1S/C10H15ClN5O13P3.4Na/c11-10-14-7(12)4-8(15-10)16(2-13-4)9-6(18)5(17)3(27-9)1-26-31(22,23)29-32(24,25)28-30(19,20)21;;;;/h2-3,5-6,9,17-18H,1H2,(H,22,23)(H,24,25)(H2,12,14,15)(H2,19,20,21);;;;/q;4*+1/p-4. The first kappa shape index (κ1) is 41.1. The minimum Gasteiger partial charge on any atom is -0.790 e. The summed E-state index contributed by atoms with van der Waals surface area (Å²) in [5, 5.41) is 20.1. The van der Waals surface area contributed by atoms with Gasteiger partial charge in [0, 0.05) is 0 Å². The predicted octanol–water partition coefficient (Wildman–Crippen LogP) is -15.5. The molecule has 3 rings (SSSR count). The Kier molecular flexibility index (Phi) is 18.2. The first-order valence-corrected chi connectivity index (χ1v) is 12.7. The van der Waals surface area contributed by atoms with Gasteiger partial charge in [0.25, 0.3) is 15.6 Å². The third-order valence-electron chi connectivity index (χ3n) is 3.83. The van der Waals surface area contributed by atoms with E-state index in [0.29, 0.717) is 0 Å². The summed E-state index contributed by atoms with van der Waals surface area (Å²) < 4.78 is 50.2. The predicted molar refractivity (Wildman–Crippen MR) is 91.6 cm³/mol. The van der Waals surface area contributed by atoms with Crippen molar-refractivity contribution in [2.45, 2.75) is 24.5 Å². The van der Waals surface area contributed by atoms with Crippen LogP contribution in [0, 0.1) is 0 Å². The van der Waals surface area contributed by atoms with Crippen LogP contribution in [0.5, 0.6) is 0 Å². The number of phosphoric acid groups is 3. The largest absolute Gasteiger partial charge is 1.00 e. The molecule has 26 heteroatoms. The Morgan fingerprint density at radius 1 is 1.03 bits per heavy atom. The van der Waals surface area contributed by atoms with Gasteiger partial charge in [0.2, 0.25) is 5.28 Å². The number of halogens is 1. The number of ether oxygens (including phenoxy) is 1. The van der Waals surface area contributed by atoms with E-state index in [2.05, 4.69) is 28.1 Å². The summed E-state index contributed by atoms with van der Waals surface area (Å²) in [7, 11) is -18.1. The van der Waals surface area contributed by atoms with Crippen LogP contribution >= 0.6 is 35.1 Å². The second-order valence-electron chi connectivity index (χ2n) is 6.05. The van der Waals surface area contributed by atoms with Crippen molar-refractivity contribution in [1.82, 2.24) is 19.5 Å². The van der Waals surface area contributed by atoms with E-state index in [1.807, 2.05) is 0 Å². The van der Waals surface area contributed by atoms with Crippen LogP contribution in [0.3, 0.4) is 0 Å². The van der Waals surface area contributed by atoms with E-state index < -0.39 is 54.6 Å². The molecular formula is C10H11ClN5Na4O13P3. The Balaban J connectivity index is 0. The number of hydrogen-bond acceptors (Lipinski definition) is 17. The maximum absolute atomic E-state index is 11.6. The van der Waals surface area contributed by atoms with Gasteiger partial charge in [-0.15, -0.1) is 0 Å². The summed E-state index contributed by atoms with van der Waals surface area (Å²) in [6.45, 7) is -1.10. The van der Waals surface area contributed by atoms with E-state index in [1.165, 1.54) is 0 Å². The fourth-order valence-corrected chi connectivity index (χ4v) is 5.68. The third kappa shape index (κ3) is 11.0. The molecule has 1 aliphatic rings. The first-order chi connectivity index (χ1) is 14.6. The van der Waals surface area contributed by atoms with Crippen LogP contribution in [0.1, 0.15) is 6.23 Å². The zero-order chi connectivity index (χ0) is 24.1. The van der Waals surface area contributed by atoms with E-state index in [9.17, 15) is 43.5 Å². The number of imidazole rings is 1. The Hall–Kier alpha value is 2.93. The summed E-state index contributed by atoms with van der Waals surface area (Å²) in [4.78, 5) is 54.9. The molecule has 0 aliphatic carbocycles. The van der Waals surface area contributed by atoms with Crippen molar-refractivity contribution < 1.29 is 180 Å². The molecule has 0 bridgehead atoms. The van der Waals surface area contributed by atoms with Crippen molar-refractivity contribution in [2.24, 2.45) is 0 Å². The average Bonchev–Trinajstić information content (AvgIpc) is 3.12. The monoisotopic (exact) mass is 629 g/mol. The molecule has 0 saturated carbocycles. The number of nitrogen functional groups attached to an aromatic ring is 1. The minimum absolute atomic E-state index is 0. The smallest absolute Gasteiger partial charge is 0.790 e. The van der Waals surface area contributed by atoms with Crippen LogP contribution in [0.25, 0.3) is 11.2 Å². The molecule has 1 saturated heterocycles. The van der Waals surface area contributed by atoms with Gasteiger partial charge in [-0.05, 0) is 11.6 Å². The molecule has 36 heavy (non-hydrogen) atoms. The van der Waals surface area contributed by atoms with Crippen molar-refractivity contribution in [3.8, 4) is 0 Å². The fraction of sp³-hybridized carbons (Fsp3) is 0.500. The molecule has 2 aromatic rings. The van der Waals surface area contributed by atoms with E-state index >= 15 is 0 Å². The number of hydrogen-bond donors (Lipinski definition) is 3. The fourth-order valence-electron chi connectivity index (χ4n) is 2.64. The number of nitrogens with two attached hydrogens (primary N) is 1. The van der Waals surface area contributed by atoms with Gasteiger partial charge in [0.1, 0.15) is 23.8 Å². The van der Waals surface area contributed by atoms with E-state index in [0.717, 1.165) is 10.9 Å². The van der Waals surface area contributed by atoms with Crippen LogP contribution in [-0.4, -0.2) is 54.7 Å². The van der Waals surface area contributed by atoms with Gasteiger partial charge in [-0.2, -0.15) is 9.97 Å². The SMILES string of the molecule is Nc1nc(Cl)nc2c1ncn2C1OC(COP(=O)([O-])OP(=O)([O-])OP(=O)([O-])[O-])C(O)C1O.[Na+].[Na+].[Na+].[Na+]. The zero-order valence-electron chi connectivity index (χ0n) is 19.1. The normalized spacial score (nSPS) is 24.9. The van der Waals surface area contributed by atoms with Gasteiger partial charge < -0.3 is 49.3 Å². The second-order valence-corrected chi connectivity index (χ2v) is 10.6. The van der Waals surface area contributed by atoms with E-state index in [-0.39, 0.29) is 140 Å². The molecule has 0 amide bonds. The number of rotatable bonds is 8. The number of nitrogens with zero attached hydrogens (tertiary/aromatic N) is 4. The molecule has 2 aromatic heterocycles. The summed E-state index contributed by atoms with van der Waals surface area (Å²) in [5.41, 5.74) is 5.75. The molecule has 6 atom stereocenters. The molecule has 4 N–H and O–H groups in total. The van der Waals surface area contributed by atoms with Crippen molar-refractivity contribution in [2.75, 3.05) is 12.3 Å². The van der Waals surface area contributed by atoms with Crippen LogP contribution < -0.4 is 144 Å². The molecule has 6 unspecified atom stereocenters. The van der Waals surface area contributed by atoms with Crippen LogP contribution in [0.15, 0.2) is 6.33 Å².